The van der Waals surface area contributed by atoms with Crippen molar-refractivity contribution in [3.05, 3.63) is 96.2 Å². The van der Waals surface area contributed by atoms with Crippen LogP contribution in [0.15, 0.2) is 90.0 Å². The number of nitrogens with zero attached hydrogens (tertiary/aromatic N) is 1. The number of sulfonamides is 1. The summed E-state index contributed by atoms with van der Waals surface area (Å²) in [7, 11) is -3.90. The first-order valence-electron chi connectivity index (χ1n) is 14.1. The van der Waals surface area contributed by atoms with Gasteiger partial charge in [-0.25, -0.2) is 13.1 Å². The van der Waals surface area contributed by atoms with Crippen LogP contribution in [0.4, 0.5) is 0 Å². The second-order valence-corrected chi connectivity index (χ2v) is 12.2. The topological polar surface area (TPSA) is 135 Å². The van der Waals surface area contributed by atoms with Gasteiger partial charge in [-0.3, -0.25) is 5.41 Å². The first kappa shape index (κ1) is 30.3. The molecule has 3 aromatic rings. The Morgan fingerprint density at radius 1 is 1.07 bits per heavy atom. The zero-order valence-electron chi connectivity index (χ0n) is 23.7. The first-order valence-corrected chi connectivity index (χ1v) is 15.6. The summed E-state index contributed by atoms with van der Waals surface area (Å²) in [4.78, 5) is 2.37. The van der Waals surface area contributed by atoms with E-state index in [0.29, 0.717) is 31.1 Å². The van der Waals surface area contributed by atoms with Gasteiger partial charge < -0.3 is 21.1 Å². The molecule has 8 nitrogen and oxygen atoms in total. The van der Waals surface area contributed by atoms with Gasteiger partial charge in [0.25, 0.3) is 0 Å². The lowest BCUT2D eigenvalue weighted by molar-refractivity contribution is 0.209. The van der Waals surface area contributed by atoms with E-state index in [2.05, 4.69) is 16.2 Å². The van der Waals surface area contributed by atoms with Crippen molar-refractivity contribution in [1.82, 2.24) is 9.62 Å². The predicted octanol–water partition coefficient (Wildman–Crippen LogP) is 4.50. The van der Waals surface area contributed by atoms with Gasteiger partial charge in [-0.15, -0.1) is 0 Å². The van der Waals surface area contributed by atoms with Crippen LogP contribution < -0.4 is 20.9 Å². The Kier molecular flexibility index (Phi) is 10.2. The highest BCUT2D eigenvalue weighted by molar-refractivity contribution is 7.89. The maximum atomic E-state index is 13.8. The van der Waals surface area contributed by atoms with E-state index in [1.807, 2.05) is 55.5 Å². The standard InChI is InChI=1S/C32H41N5O3S/c1-3-40-29-12-10-26(11-13-29)27-7-5-9-30(22-27)41(38,39)36-31(21-25-6-4-8-28(20-25)32(34)35)23(2)37-18-15-24(14-17-33)16-19-37/h4-13,20,22,24,31,36H,2-3,14-19,21,33H2,1H3,(H3,34,35)/t31-/m0/s1. The van der Waals surface area contributed by atoms with Crippen molar-refractivity contribution in [1.29, 1.82) is 5.41 Å². The summed E-state index contributed by atoms with van der Waals surface area (Å²) in [6.45, 7) is 9.17. The molecule has 41 heavy (non-hydrogen) atoms. The van der Waals surface area contributed by atoms with Gasteiger partial charge in [-0.05, 0) is 92.1 Å². The molecule has 9 heteroatoms. The molecule has 0 bridgehead atoms. The van der Waals surface area contributed by atoms with Gasteiger partial charge in [0.15, 0.2) is 0 Å². The van der Waals surface area contributed by atoms with E-state index in [9.17, 15) is 8.42 Å². The molecule has 1 heterocycles. The molecule has 0 spiro atoms. The molecule has 3 aromatic carbocycles. The molecule has 1 atom stereocenters. The van der Waals surface area contributed by atoms with Crippen molar-refractivity contribution >= 4 is 15.9 Å². The summed E-state index contributed by atoms with van der Waals surface area (Å²) >= 11 is 0. The monoisotopic (exact) mass is 575 g/mol. The third-order valence-corrected chi connectivity index (χ3v) is 9.09. The Hall–Kier alpha value is -3.66. The van der Waals surface area contributed by atoms with Gasteiger partial charge in [0.1, 0.15) is 11.6 Å². The fourth-order valence-corrected chi connectivity index (χ4v) is 6.57. The summed E-state index contributed by atoms with van der Waals surface area (Å²) in [5.41, 5.74) is 15.4. The van der Waals surface area contributed by atoms with Gasteiger partial charge in [0.05, 0.1) is 17.5 Å². The minimum absolute atomic E-state index is 0.0316. The van der Waals surface area contributed by atoms with E-state index in [1.54, 1.807) is 24.3 Å². The second kappa shape index (κ2) is 13.8. The number of ether oxygens (including phenoxy) is 1. The SMILES string of the molecule is C=C([C@H](Cc1cccc(C(=N)N)c1)NS(=O)(=O)c1cccc(-c2ccc(OCC)cc2)c1)N1CCC(CCN)CC1. The molecule has 0 aliphatic carbocycles. The lowest BCUT2D eigenvalue weighted by atomic mass is 9.92. The Balaban J connectivity index is 1.59. The Labute approximate surface area is 244 Å². The minimum atomic E-state index is -3.90. The van der Waals surface area contributed by atoms with Crippen LogP contribution in [0.2, 0.25) is 0 Å². The summed E-state index contributed by atoms with van der Waals surface area (Å²) in [6, 6.07) is 21.3. The van der Waals surface area contributed by atoms with Gasteiger partial charge in [-0.1, -0.05) is 49.0 Å². The molecular weight excluding hydrogens is 534 g/mol. The highest BCUT2D eigenvalue weighted by Crippen LogP contribution is 2.27. The van der Waals surface area contributed by atoms with E-state index in [-0.39, 0.29) is 10.7 Å². The largest absolute Gasteiger partial charge is 0.494 e. The molecule has 0 amide bonds. The van der Waals surface area contributed by atoms with Gasteiger partial charge in [0.2, 0.25) is 10.0 Å². The van der Waals surface area contributed by atoms with Crippen molar-refractivity contribution < 1.29 is 13.2 Å². The van der Waals surface area contributed by atoms with Crippen LogP contribution in [0.5, 0.6) is 5.75 Å². The van der Waals surface area contributed by atoms with Crippen LogP contribution in [0.1, 0.15) is 37.3 Å². The van der Waals surface area contributed by atoms with Crippen LogP contribution in [0.3, 0.4) is 0 Å². The smallest absolute Gasteiger partial charge is 0.241 e. The van der Waals surface area contributed by atoms with Crippen LogP contribution >= 0.6 is 0 Å². The molecular formula is C32H41N5O3S. The fraction of sp³-hybridized carbons (Fsp3) is 0.344. The van der Waals surface area contributed by atoms with Crippen LogP contribution in [0, 0.1) is 11.3 Å². The third-order valence-electron chi connectivity index (χ3n) is 7.62. The average Bonchev–Trinajstić information content (AvgIpc) is 2.98. The molecule has 0 unspecified atom stereocenters. The molecule has 0 radical (unpaired) electrons. The number of rotatable bonds is 13. The average molecular weight is 576 g/mol. The fourth-order valence-electron chi connectivity index (χ4n) is 5.30. The van der Waals surface area contributed by atoms with Crippen LogP contribution in [-0.4, -0.2) is 51.4 Å². The number of piperidine rings is 1. The van der Waals surface area contributed by atoms with Crippen molar-refractivity contribution in [2.75, 3.05) is 26.2 Å². The highest BCUT2D eigenvalue weighted by Gasteiger charge is 2.28. The third kappa shape index (κ3) is 7.97. The predicted molar refractivity (Wildman–Crippen MR) is 165 cm³/mol. The number of nitrogens with two attached hydrogens (primary N) is 2. The molecule has 218 valence electrons. The van der Waals surface area contributed by atoms with Crippen LogP contribution in [0.25, 0.3) is 11.1 Å². The van der Waals surface area contributed by atoms with Crippen molar-refractivity contribution in [2.24, 2.45) is 17.4 Å². The second-order valence-electron chi connectivity index (χ2n) is 10.5. The van der Waals surface area contributed by atoms with Crippen molar-refractivity contribution in [3.63, 3.8) is 0 Å². The number of amidine groups is 1. The quantitative estimate of drug-likeness (QED) is 0.175. The van der Waals surface area contributed by atoms with Gasteiger partial charge in [-0.2, -0.15) is 0 Å². The Morgan fingerprint density at radius 2 is 1.78 bits per heavy atom. The van der Waals surface area contributed by atoms with Crippen molar-refractivity contribution in [3.8, 4) is 16.9 Å². The summed E-state index contributed by atoms with van der Waals surface area (Å²) in [5, 5.41) is 7.82. The number of hydrogen-bond acceptors (Lipinski definition) is 6. The molecule has 1 aliphatic rings. The lowest BCUT2D eigenvalue weighted by Gasteiger charge is -2.37. The molecule has 1 fully saturated rings. The number of nitrogen functional groups attached to an aromatic ring is 1. The highest BCUT2D eigenvalue weighted by atomic mass is 32.2. The van der Waals surface area contributed by atoms with E-state index in [0.717, 1.165) is 60.5 Å². The molecule has 0 saturated carbocycles. The number of likely N-dealkylation sites (tertiary alicyclic amines) is 1. The molecule has 1 aliphatic heterocycles. The first-order chi connectivity index (χ1) is 19.7. The van der Waals surface area contributed by atoms with Crippen LogP contribution in [-0.2, 0) is 16.4 Å². The molecule has 4 rings (SSSR count). The molecule has 6 N–H and O–H groups in total. The summed E-state index contributed by atoms with van der Waals surface area (Å²) in [6.07, 6.45) is 3.37. The number of nitrogens with one attached hydrogen (secondary N) is 2. The summed E-state index contributed by atoms with van der Waals surface area (Å²) in [5.74, 6) is 1.32. The zero-order valence-corrected chi connectivity index (χ0v) is 24.5. The van der Waals surface area contributed by atoms with Crippen molar-refractivity contribution in [2.45, 2.75) is 43.5 Å². The zero-order chi connectivity index (χ0) is 29.4. The maximum absolute atomic E-state index is 13.8. The Morgan fingerprint density at radius 3 is 2.44 bits per heavy atom. The number of hydrogen-bond donors (Lipinski definition) is 4. The van der Waals surface area contributed by atoms with E-state index in [4.69, 9.17) is 21.6 Å². The van der Waals surface area contributed by atoms with Gasteiger partial charge in [0, 0.05) is 24.4 Å². The van der Waals surface area contributed by atoms with Gasteiger partial charge >= 0.3 is 0 Å². The van der Waals surface area contributed by atoms with E-state index < -0.39 is 16.1 Å². The Bertz CT molecular complexity index is 1450. The normalized spacial score (nSPS) is 14.9. The molecule has 1 saturated heterocycles. The van der Waals surface area contributed by atoms with E-state index in [1.165, 1.54) is 0 Å². The lowest BCUT2D eigenvalue weighted by Crippen LogP contribution is -2.45. The number of benzene rings is 3. The molecule has 0 aromatic heterocycles. The van der Waals surface area contributed by atoms with E-state index >= 15 is 0 Å². The maximum Gasteiger partial charge on any atom is 0.241 e. The minimum Gasteiger partial charge on any atom is -0.494 e. The summed E-state index contributed by atoms with van der Waals surface area (Å²) < 4.78 is 36.1.